The number of carbonyl (C=O) groups excluding carboxylic acids is 2. The quantitative estimate of drug-likeness (QED) is 0.607. The number of nitrogens with zero attached hydrogens (tertiary/aromatic N) is 1. The summed E-state index contributed by atoms with van der Waals surface area (Å²) in [6, 6.07) is 9.22. The second-order valence-corrected chi connectivity index (χ2v) is 6.99. The first-order chi connectivity index (χ1) is 11.8. The number of aromatic nitrogens is 1. The SMILES string of the molecule is Cc1ccc(SCC(=O)O[C@H](C)C(=O)Nc2ccc(Cl)cn2)c(C)c1. The van der Waals surface area contributed by atoms with Crippen molar-refractivity contribution in [3.8, 4) is 0 Å². The zero-order chi connectivity index (χ0) is 18.4. The molecule has 7 heteroatoms. The summed E-state index contributed by atoms with van der Waals surface area (Å²) in [5.74, 6) is -0.404. The lowest BCUT2D eigenvalue weighted by Gasteiger charge is -2.13. The summed E-state index contributed by atoms with van der Waals surface area (Å²) >= 11 is 7.13. The van der Waals surface area contributed by atoms with Gasteiger partial charge in [-0.25, -0.2) is 4.98 Å². The van der Waals surface area contributed by atoms with E-state index in [1.165, 1.54) is 30.4 Å². The van der Waals surface area contributed by atoms with Gasteiger partial charge in [0, 0.05) is 11.1 Å². The van der Waals surface area contributed by atoms with Crippen molar-refractivity contribution < 1.29 is 14.3 Å². The van der Waals surface area contributed by atoms with Gasteiger partial charge in [0.25, 0.3) is 5.91 Å². The third-order valence-corrected chi connectivity index (χ3v) is 4.70. The number of aryl methyl sites for hydroxylation is 2. The minimum atomic E-state index is -0.912. The molecule has 25 heavy (non-hydrogen) atoms. The molecule has 2 rings (SSSR count). The normalized spacial score (nSPS) is 11.7. The molecule has 132 valence electrons. The molecule has 1 aromatic carbocycles. The summed E-state index contributed by atoms with van der Waals surface area (Å²) in [6.07, 6.45) is 0.513. The van der Waals surface area contributed by atoms with Gasteiger partial charge in [0.05, 0.1) is 10.8 Å². The molecule has 0 saturated carbocycles. The first-order valence-electron chi connectivity index (χ1n) is 7.67. The van der Waals surface area contributed by atoms with Crippen LogP contribution in [-0.2, 0) is 14.3 Å². The van der Waals surface area contributed by atoms with Crippen LogP contribution in [0.3, 0.4) is 0 Å². The summed E-state index contributed by atoms with van der Waals surface area (Å²) in [5.41, 5.74) is 2.28. The number of halogens is 1. The predicted octanol–water partition coefficient (Wildman–Crippen LogP) is 4.01. The summed E-state index contributed by atoms with van der Waals surface area (Å²) in [5, 5.41) is 3.04. The van der Waals surface area contributed by atoms with Crippen LogP contribution < -0.4 is 5.32 Å². The lowest BCUT2D eigenvalue weighted by molar-refractivity contribution is -0.150. The van der Waals surface area contributed by atoms with E-state index in [-0.39, 0.29) is 5.75 Å². The van der Waals surface area contributed by atoms with Crippen LogP contribution in [0.5, 0.6) is 0 Å². The fourth-order valence-corrected chi connectivity index (χ4v) is 2.96. The van der Waals surface area contributed by atoms with E-state index in [4.69, 9.17) is 16.3 Å². The van der Waals surface area contributed by atoms with E-state index in [1.54, 1.807) is 12.1 Å². The van der Waals surface area contributed by atoms with Crippen LogP contribution in [0.1, 0.15) is 18.1 Å². The van der Waals surface area contributed by atoms with E-state index in [2.05, 4.69) is 16.4 Å². The molecule has 1 aromatic heterocycles. The molecule has 0 fully saturated rings. The van der Waals surface area contributed by atoms with Crippen molar-refractivity contribution in [1.82, 2.24) is 4.98 Å². The Kier molecular flexibility index (Phi) is 6.84. The molecule has 1 atom stereocenters. The van der Waals surface area contributed by atoms with Gasteiger partial charge in [0.1, 0.15) is 5.82 Å². The van der Waals surface area contributed by atoms with E-state index in [1.807, 2.05) is 26.0 Å². The number of carbonyl (C=O) groups is 2. The van der Waals surface area contributed by atoms with Crippen LogP contribution in [-0.4, -0.2) is 28.7 Å². The van der Waals surface area contributed by atoms with Crippen molar-refractivity contribution in [3.63, 3.8) is 0 Å². The van der Waals surface area contributed by atoms with Gasteiger partial charge in [0.15, 0.2) is 6.10 Å². The van der Waals surface area contributed by atoms with Gasteiger partial charge >= 0.3 is 5.97 Å². The maximum Gasteiger partial charge on any atom is 0.317 e. The van der Waals surface area contributed by atoms with Gasteiger partial charge in [-0.3, -0.25) is 9.59 Å². The number of thioether (sulfide) groups is 1. The number of hydrogen-bond acceptors (Lipinski definition) is 5. The first-order valence-corrected chi connectivity index (χ1v) is 9.03. The second kappa shape index (κ2) is 8.87. The molecule has 0 aliphatic heterocycles. The number of ether oxygens (including phenoxy) is 1. The Labute approximate surface area is 156 Å². The number of nitrogens with one attached hydrogen (secondary N) is 1. The van der Waals surface area contributed by atoms with E-state index < -0.39 is 18.0 Å². The van der Waals surface area contributed by atoms with Gasteiger partial charge in [-0.15, -0.1) is 11.8 Å². The molecule has 1 N–H and O–H groups in total. The monoisotopic (exact) mass is 378 g/mol. The van der Waals surface area contributed by atoms with Crippen LogP contribution >= 0.6 is 23.4 Å². The lowest BCUT2D eigenvalue weighted by Crippen LogP contribution is -2.30. The molecule has 0 bridgehead atoms. The minimum Gasteiger partial charge on any atom is -0.452 e. The third kappa shape index (κ3) is 6.07. The highest BCUT2D eigenvalue weighted by atomic mass is 35.5. The summed E-state index contributed by atoms with van der Waals surface area (Å²) in [7, 11) is 0. The first kappa shape index (κ1) is 19.3. The minimum absolute atomic E-state index is 0.140. The molecule has 5 nitrogen and oxygen atoms in total. The number of benzene rings is 1. The maximum absolute atomic E-state index is 12.0. The third-order valence-electron chi connectivity index (χ3n) is 3.33. The van der Waals surface area contributed by atoms with Crippen molar-refractivity contribution in [2.24, 2.45) is 0 Å². The Hall–Kier alpha value is -2.05. The molecule has 1 amide bonds. The van der Waals surface area contributed by atoms with Gasteiger partial charge in [-0.1, -0.05) is 29.3 Å². The average molecular weight is 379 g/mol. The summed E-state index contributed by atoms with van der Waals surface area (Å²) in [4.78, 5) is 29.0. The van der Waals surface area contributed by atoms with Crippen LogP contribution in [0.25, 0.3) is 0 Å². The molecular formula is C18H19ClN2O3S. The van der Waals surface area contributed by atoms with Crippen molar-refractivity contribution in [2.45, 2.75) is 31.8 Å². The van der Waals surface area contributed by atoms with Crippen molar-refractivity contribution in [1.29, 1.82) is 0 Å². The molecule has 0 saturated heterocycles. The van der Waals surface area contributed by atoms with Gasteiger partial charge < -0.3 is 10.1 Å². The van der Waals surface area contributed by atoms with Crippen LogP contribution in [0.4, 0.5) is 5.82 Å². The van der Waals surface area contributed by atoms with Crippen LogP contribution in [0.2, 0.25) is 5.02 Å². The number of anilines is 1. The van der Waals surface area contributed by atoms with E-state index in [9.17, 15) is 9.59 Å². The van der Waals surface area contributed by atoms with Crippen LogP contribution in [0, 0.1) is 13.8 Å². The fourth-order valence-electron chi connectivity index (χ4n) is 2.06. The zero-order valence-corrected chi connectivity index (χ0v) is 15.8. The Morgan fingerprint density at radius 3 is 2.68 bits per heavy atom. The Balaban J connectivity index is 1.82. The number of esters is 1. The molecule has 0 aliphatic carbocycles. The molecular weight excluding hydrogens is 360 g/mol. The van der Waals surface area contributed by atoms with E-state index in [0.717, 1.165) is 10.5 Å². The van der Waals surface area contributed by atoms with Gasteiger partial charge in [-0.2, -0.15) is 0 Å². The van der Waals surface area contributed by atoms with E-state index in [0.29, 0.717) is 10.8 Å². The topological polar surface area (TPSA) is 68.3 Å². The largest absolute Gasteiger partial charge is 0.452 e. The fraction of sp³-hybridized carbons (Fsp3) is 0.278. The van der Waals surface area contributed by atoms with Crippen molar-refractivity contribution >= 4 is 41.1 Å². The van der Waals surface area contributed by atoms with E-state index >= 15 is 0 Å². The molecule has 0 spiro atoms. The summed E-state index contributed by atoms with van der Waals surface area (Å²) in [6.45, 7) is 5.53. The second-order valence-electron chi connectivity index (χ2n) is 5.54. The highest BCUT2D eigenvalue weighted by Gasteiger charge is 2.18. The van der Waals surface area contributed by atoms with Crippen LogP contribution in [0.15, 0.2) is 41.4 Å². The highest BCUT2D eigenvalue weighted by molar-refractivity contribution is 8.00. The Morgan fingerprint density at radius 2 is 2.04 bits per heavy atom. The maximum atomic E-state index is 12.0. The predicted molar refractivity (Wildman–Crippen MR) is 100 cm³/mol. The van der Waals surface area contributed by atoms with Crippen molar-refractivity contribution in [2.75, 3.05) is 11.1 Å². The zero-order valence-electron chi connectivity index (χ0n) is 14.2. The highest BCUT2D eigenvalue weighted by Crippen LogP contribution is 2.23. The van der Waals surface area contributed by atoms with Crippen molar-refractivity contribution in [3.05, 3.63) is 52.7 Å². The molecule has 1 heterocycles. The average Bonchev–Trinajstić information content (AvgIpc) is 2.56. The molecule has 0 radical (unpaired) electrons. The summed E-state index contributed by atoms with van der Waals surface area (Å²) < 4.78 is 5.17. The standard InChI is InChI=1S/C18H19ClN2O3S/c1-11-4-6-15(12(2)8-11)25-10-17(22)24-13(3)18(23)21-16-7-5-14(19)9-20-16/h4-9,13H,10H2,1-3H3,(H,20,21,23)/t13-/m1/s1. The van der Waals surface area contributed by atoms with Gasteiger partial charge in [0.2, 0.25) is 0 Å². The smallest absolute Gasteiger partial charge is 0.317 e. The Bertz CT molecular complexity index is 765. The number of amides is 1. The lowest BCUT2D eigenvalue weighted by atomic mass is 10.2. The number of hydrogen-bond donors (Lipinski definition) is 1. The number of rotatable bonds is 6. The Morgan fingerprint density at radius 1 is 1.28 bits per heavy atom. The molecule has 0 aliphatic rings. The van der Waals surface area contributed by atoms with Gasteiger partial charge in [-0.05, 0) is 44.5 Å². The molecule has 2 aromatic rings. The molecule has 0 unspecified atom stereocenters. The number of pyridine rings is 1.